The molecular formula is C18H18F2N2O2. The highest BCUT2D eigenvalue weighted by molar-refractivity contribution is 5.91. The number of hydrogen-bond donors (Lipinski definition) is 1. The van der Waals surface area contributed by atoms with Gasteiger partial charge in [0.15, 0.2) is 0 Å². The second kappa shape index (κ2) is 8.19. The van der Waals surface area contributed by atoms with Crippen molar-refractivity contribution in [3.63, 3.8) is 0 Å². The molecule has 0 bridgehead atoms. The van der Waals surface area contributed by atoms with Crippen LogP contribution in [-0.4, -0.2) is 24.9 Å². The van der Waals surface area contributed by atoms with Gasteiger partial charge in [0.05, 0.1) is 6.42 Å². The van der Waals surface area contributed by atoms with Gasteiger partial charge >= 0.3 is 0 Å². The predicted molar refractivity (Wildman–Crippen MR) is 87.5 cm³/mol. The highest BCUT2D eigenvalue weighted by Crippen LogP contribution is 2.14. The summed E-state index contributed by atoms with van der Waals surface area (Å²) in [5.74, 6) is -1.24. The van der Waals surface area contributed by atoms with Gasteiger partial charge in [-0.25, -0.2) is 8.78 Å². The van der Waals surface area contributed by atoms with Crippen LogP contribution in [0.1, 0.15) is 12.5 Å². The summed E-state index contributed by atoms with van der Waals surface area (Å²) in [6.07, 6.45) is 0.0639. The second-order valence-electron chi connectivity index (χ2n) is 5.30. The number of nitrogens with zero attached hydrogens (tertiary/aromatic N) is 1. The number of nitrogens with one attached hydrogen (secondary N) is 1. The summed E-state index contributed by atoms with van der Waals surface area (Å²) in [7, 11) is 0. The van der Waals surface area contributed by atoms with Crippen LogP contribution in [0.4, 0.5) is 14.5 Å². The van der Waals surface area contributed by atoms with Gasteiger partial charge in [-0.05, 0) is 42.0 Å². The first-order chi connectivity index (χ1) is 11.5. The van der Waals surface area contributed by atoms with Crippen LogP contribution >= 0.6 is 0 Å². The van der Waals surface area contributed by atoms with E-state index in [0.717, 1.165) is 0 Å². The Balaban J connectivity index is 1.87. The molecule has 0 aliphatic rings. The Morgan fingerprint density at radius 3 is 2.38 bits per heavy atom. The number of anilines is 1. The summed E-state index contributed by atoms with van der Waals surface area (Å²) in [6, 6.07) is 11.4. The lowest BCUT2D eigenvalue weighted by molar-refractivity contribution is -0.121. The van der Waals surface area contributed by atoms with Crippen molar-refractivity contribution in [2.24, 2.45) is 0 Å². The molecule has 1 N–H and O–H groups in total. The molecule has 0 radical (unpaired) electrons. The molecule has 0 heterocycles. The lowest BCUT2D eigenvalue weighted by Gasteiger charge is -2.21. The highest BCUT2D eigenvalue weighted by atomic mass is 19.1. The topological polar surface area (TPSA) is 49.4 Å². The van der Waals surface area contributed by atoms with Crippen molar-refractivity contribution in [1.82, 2.24) is 5.32 Å². The van der Waals surface area contributed by atoms with Crippen molar-refractivity contribution >= 4 is 17.5 Å². The van der Waals surface area contributed by atoms with Crippen LogP contribution in [0.3, 0.4) is 0 Å². The van der Waals surface area contributed by atoms with Crippen LogP contribution < -0.4 is 10.2 Å². The molecule has 0 aromatic heterocycles. The van der Waals surface area contributed by atoms with Crippen molar-refractivity contribution in [2.45, 2.75) is 13.3 Å². The number of carbonyl (C=O) groups excluding carboxylic acids is 2. The normalized spacial score (nSPS) is 10.3. The van der Waals surface area contributed by atoms with Gasteiger partial charge < -0.3 is 10.2 Å². The van der Waals surface area contributed by atoms with Gasteiger partial charge in [0, 0.05) is 25.7 Å². The third-order valence-corrected chi connectivity index (χ3v) is 3.43. The number of carbonyl (C=O) groups is 2. The van der Waals surface area contributed by atoms with Gasteiger partial charge in [0.1, 0.15) is 11.6 Å². The minimum atomic E-state index is -0.389. The predicted octanol–water partition coefficient (Wildman–Crippen LogP) is 2.68. The molecule has 4 nitrogen and oxygen atoms in total. The van der Waals surface area contributed by atoms with Crippen LogP contribution in [0, 0.1) is 11.6 Å². The fraction of sp³-hybridized carbons (Fsp3) is 0.222. The SMILES string of the molecule is CC(=O)N(CCNC(=O)Cc1cccc(F)c1)c1ccc(F)cc1. The molecule has 2 rings (SSSR count). The Morgan fingerprint density at radius 2 is 1.75 bits per heavy atom. The maximum absolute atomic E-state index is 13.1. The van der Waals surface area contributed by atoms with Crippen LogP contribution in [0.5, 0.6) is 0 Å². The van der Waals surface area contributed by atoms with Gasteiger partial charge in [0.2, 0.25) is 11.8 Å². The van der Waals surface area contributed by atoms with E-state index in [4.69, 9.17) is 0 Å². The molecular weight excluding hydrogens is 314 g/mol. The van der Waals surface area contributed by atoms with Crippen LogP contribution in [-0.2, 0) is 16.0 Å². The van der Waals surface area contributed by atoms with Gasteiger partial charge in [-0.1, -0.05) is 12.1 Å². The summed E-state index contributed by atoms with van der Waals surface area (Å²) in [5, 5.41) is 2.69. The average molecular weight is 332 g/mol. The Hall–Kier alpha value is -2.76. The molecule has 0 atom stereocenters. The van der Waals surface area contributed by atoms with Crippen LogP contribution in [0.25, 0.3) is 0 Å². The van der Waals surface area contributed by atoms with Crippen LogP contribution in [0.2, 0.25) is 0 Å². The van der Waals surface area contributed by atoms with E-state index < -0.39 is 0 Å². The summed E-state index contributed by atoms with van der Waals surface area (Å²) in [5.41, 5.74) is 1.14. The molecule has 0 unspecified atom stereocenters. The standard InChI is InChI=1S/C18H18F2N2O2/c1-13(23)22(17-7-5-15(19)6-8-17)10-9-21-18(24)12-14-3-2-4-16(20)11-14/h2-8,11H,9-10,12H2,1H3,(H,21,24). The summed E-state index contributed by atoms with van der Waals surface area (Å²) in [4.78, 5) is 25.0. The number of rotatable bonds is 6. The van der Waals surface area contributed by atoms with E-state index in [2.05, 4.69) is 5.32 Å². The number of hydrogen-bond acceptors (Lipinski definition) is 2. The first-order valence-electron chi connectivity index (χ1n) is 7.50. The Morgan fingerprint density at radius 1 is 1.04 bits per heavy atom. The van der Waals surface area contributed by atoms with E-state index in [0.29, 0.717) is 11.3 Å². The molecule has 0 aliphatic heterocycles. The van der Waals surface area contributed by atoms with Crippen molar-refractivity contribution in [3.05, 3.63) is 65.7 Å². The first-order valence-corrected chi connectivity index (χ1v) is 7.50. The Kier molecular flexibility index (Phi) is 6.01. The quantitative estimate of drug-likeness (QED) is 0.884. The Labute approximate surface area is 139 Å². The van der Waals surface area contributed by atoms with E-state index in [1.807, 2.05) is 0 Å². The van der Waals surface area contributed by atoms with E-state index >= 15 is 0 Å². The molecule has 0 saturated heterocycles. The van der Waals surface area contributed by atoms with E-state index in [-0.39, 0.29) is 43.0 Å². The fourth-order valence-electron chi connectivity index (χ4n) is 2.29. The lowest BCUT2D eigenvalue weighted by Crippen LogP contribution is -2.38. The third-order valence-electron chi connectivity index (χ3n) is 3.43. The zero-order valence-electron chi connectivity index (χ0n) is 13.3. The molecule has 126 valence electrons. The maximum atomic E-state index is 13.1. The largest absolute Gasteiger partial charge is 0.354 e. The lowest BCUT2D eigenvalue weighted by atomic mass is 10.1. The first kappa shape index (κ1) is 17.6. The van der Waals surface area contributed by atoms with E-state index in [1.165, 1.54) is 48.2 Å². The molecule has 2 amide bonds. The monoisotopic (exact) mass is 332 g/mol. The molecule has 24 heavy (non-hydrogen) atoms. The number of benzene rings is 2. The smallest absolute Gasteiger partial charge is 0.224 e. The van der Waals surface area contributed by atoms with Gasteiger partial charge in [-0.3, -0.25) is 9.59 Å². The van der Waals surface area contributed by atoms with E-state index in [9.17, 15) is 18.4 Å². The average Bonchev–Trinajstić information content (AvgIpc) is 2.52. The summed E-state index contributed by atoms with van der Waals surface area (Å²) in [6.45, 7) is 1.90. The van der Waals surface area contributed by atoms with Crippen LogP contribution in [0.15, 0.2) is 48.5 Å². The number of halogens is 2. The molecule has 0 fully saturated rings. The van der Waals surface area contributed by atoms with Crippen molar-refractivity contribution < 1.29 is 18.4 Å². The molecule has 2 aromatic rings. The molecule has 0 saturated carbocycles. The van der Waals surface area contributed by atoms with Gasteiger partial charge in [0.25, 0.3) is 0 Å². The van der Waals surface area contributed by atoms with Gasteiger partial charge in [-0.15, -0.1) is 0 Å². The zero-order valence-corrected chi connectivity index (χ0v) is 13.3. The Bertz CT molecular complexity index is 717. The maximum Gasteiger partial charge on any atom is 0.224 e. The second-order valence-corrected chi connectivity index (χ2v) is 5.30. The molecule has 2 aromatic carbocycles. The highest BCUT2D eigenvalue weighted by Gasteiger charge is 2.12. The van der Waals surface area contributed by atoms with E-state index in [1.54, 1.807) is 12.1 Å². The van der Waals surface area contributed by atoms with Gasteiger partial charge in [-0.2, -0.15) is 0 Å². The molecule has 0 spiro atoms. The molecule has 6 heteroatoms. The summed E-state index contributed by atoms with van der Waals surface area (Å²) >= 11 is 0. The zero-order chi connectivity index (χ0) is 17.5. The van der Waals surface area contributed by atoms with Crippen molar-refractivity contribution in [2.75, 3.05) is 18.0 Å². The van der Waals surface area contributed by atoms with Crippen molar-refractivity contribution in [3.8, 4) is 0 Å². The minimum absolute atomic E-state index is 0.0639. The third kappa shape index (κ3) is 5.15. The van der Waals surface area contributed by atoms with Crippen molar-refractivity contribution in [1.29, 1.82) is 0 Å². The minimum Gasteiger partial charge on any atom is -0.354 e. The molecule has 0 aliphatic carbocycles. The number of amides is 2. The fourth-order valence-corrected chi connectivity index (χ4v) is 2.29. The summed E-state index contributed by atoms with van der Waals surface area (Å²) < 4.78 is 26.0.